The highest BCUT2D eigenvalue weighted by molar-refractivity contribution is 5.87. The van der Waals surface area contributed by atoms with Gasteiger partial charge < -0.3 is 9.47 Å². The minimum Gasteiger partial charge on any atom is -0.336 e. The maximum atomic E-state index is 13.2. The lowest BCUT2D eigenvalue weighted by atomic mass is 10.0. The monoisotopic (exact) mass is 376 g/mol. The summed E-state index contributed by atoms with van der Waals surface area (Å²) in [5, 5.41) is 0.677. The van der Waals surface area contributed by atoms with Gasteiger partial charge in [-0.1, -0.05) is 42.5 Å². The lowest BCUT2D eigenvalue weighted by molar-refractivity contribution is -0.135. The molecule has 0 radical (unpaired) electrons. The molecule has 0 fully saturated rings. The van der Waals surface area contributed by atoms with Crippen LogP contribution in [0.1, 0.15) is 33.3 Å². The minimum atomic E-state index is -0.0137. The molecule has 0 unspecified atom stereocenters. The number of carbonyl (C=O) groups excluding carboxylic acids is 1. The number of aryl methyl sites for hydroxylation is 1. The van der Waals surface area contributed by atoms with E-state index in [0.717, 1.165) is 22.3 Å². The lowest BCUT2D eigenvalue weighted by Crippen LogP contribution is -2.44. The molecule has 0 spiro atoms. The van der Waals surface area contributed by atoms with E-state index in [1.165, 1.54) is 0 Å². The van der Waals surface area contributed by atoms with Gasteiger partial charge in [0.05, 0.1) is 11.2 Å². The fourth-order valence-electron chi connectivity index (χ4n) is 4.01. The van der Waals surface area contributed by atoms with Crippen LogP contribution in [0.3, 0.4) is 0 Å². The number of amides is 1. The van der Waals surface area contributed by atoms with E-state index in [0.29, 0.717) is 5.39 Å². The maximum absolute atomic E-state index is 13.2. The number of hydrogen-bond acceptors (Lipinski definition) is 2. The van der Waals surface area contributed by atoms with Crippen LogP contribution in [-0.4, -0.2) is 27.5 Å². The van der Waals surface area contributed by atoms with Crippen LogP contribution in [0.15, 0.2) is 59.4 Å². The zero-order valence-corrected chi connectivity index (χ0v) is 17.3. The van der Waals surface area contributed by atoms with E-state index in [4.69, 9.17) is 0 Å². The Morgan fingerprint density at radius 2 is 1.61 bits per heavy atom. The first-order valence-electron chi connectivity index (χ1n) is 9.81. The van der Waals surface area contributed by atoms with Gasteiger partial charge in [-0.05, 0) is 51.8 Å². The van der Waals surface area contributed by atoms with Crippen molar-refractivity contribution in [3.05, 3.63) is 70.4 Å². The summed E-state index contributed by atoms with van der Waals surface area (Å²) in [6, 6.07) is 17.5. The van der Waals surface area contributed by atoms with Crippen molar-refractivity contribution in [3.8, 4) is 11.3 Å². The van der Waals surface area contributed by atoms with Crippen LogP contribution in [0.2, 0.25) is 0 Å². The lowest BCUT2D eigenvalue weighted by Gasteiger charge is -2.32. The van der Waals surface area contributed by atoms with Crippen LogP contribution in [0.25, 0.3) is 22.2 Å². The average molecular weight is 377 g/mol. The molecule has 0 N–H and O–H groups in total. The second-order valence-electron chi connectivity index (χ2n) is 7.80. The van der Waals surface area contributed by atoms with E-state index in [9.17, 15) is 9.59 Å². The number of carbonyl (C=O) groups is 1. The standard InChI is InChI=1S/C24H28N2O2/c1-16(2)26(17(3)4)23(28)15-25-20-13-9-10-18(5)24(20)22(27)14-21(25)19-11-7-6-8-12-19/h6-14,16-17H,15H2,1-5H3. The third-order valence-electron chi connectivity index (χ3n) is 5.11. The number of rotatable bonds is 5. The van der Waals surface area contributed by atoms with Gasteiger partial charge in [0.25, 0.3) is 0 Å². The molecule has 4 nitrogen and oxygen atoms in total. The van der Waals surface area contributed by atoms with Gasteiger partial charge in [-0.15, -0.1) is 0 Å². The highest BCUT2D eigenvalue weighted by Gasteiger charge is 2.22. The van der Waals surface area contributed by atoms with Crippen molar-refractivity contribution in [2.24, 2.45) is 0 Å². The Bertz CT molecular complexity index is 1040. The number of fused-ring (bicyclic) bond motifs is 1. The summed E-state index contributed by atoms with van der Waals surface area (Å²) in [7, 11) is 0. The molecule has 2 aromatic carbocycles. The van der Waals surface area contributed by atoms with E-state index >= 15 is 0 Å². The Labute approximate surface area is 166 Å². The van der Waals surface area contributed by atoms with Crippen molar-refractivity contribution in [2.45, 2.75) is 53.2 Å². The molecule has 0 aliphatic heterocycles. The number of aromatic nitrogens is 1. The largest absolute Gasteiger partial charge is 0.336 e. The molecule has 3 rings (SSSR count). The fourth-order valence-corrected chi connectivity index (χ4v) is 4.01. The van der Waals surface area contributed by atoms with Crippen molar-refractivity contribution >= 4 is 16.8 Å². The van der Waals surface area contributed by atoms with Crippen LogP contribution in [0.4, 0.5) is 0 Å². The van der Waals surface area contributed by atoms with Crippen LogP contribution in [0, 0.1) is 6.92 Å². The molecule has 0 aliphatic carbocycles. The predicted molar refractivity (Wildman–Crippen MR) is 115 cm³/mol. The van der Waals surface area contributed by atoms with Crippen molar-refractivity contribution in [2.75, 3.05) is 0 Å². The summed E-state index contributed by atoms with van der Waals surface area (Å²) < 4.78 is 1.99. The number of benzene rings is 2. The molecular formula is C24H28N2O2. The summed E-state index contributed by atoms with van der Waals surface area (Å²) in [5.41, 5.74) is 3.40. The number of pyridine rings is 1. The Kier molecular flexibility index (Phi) is 5.68. The summed E-state index contributed by atoms with van der Waals surface area (Å²) in [6.45, 7) is 10.3. The van der Waals surface area contributed by atoms with E-state index in [1.54, 1.807) is 6.07 Å². The molecule has 1 aromatic heterocycles. The smallest absolute Gasteiger partial charge is 0.242 e. The van der Waals surface area contributed by atoms with Crippen LogP contribution in [0.5, 0.6) is 0 Å². The van der Waals surface area contributed by atoms with Crippen LogP contribution in [-0.2, 0) is 11.3 Å². The molecule has 28 heavy (non-hydrogen) atoms. The Morgan fingerprint density at radius 3 is 2.21 bits per heavy atom. The van der Waals surface area contributed by atoms with Gasteiger partial charge in [-0.3, -0.25) is 9.59 Å². The van der Waals surface area contributed by atoms with Gasteiger partial charge in [0.1, 0.15) is 6.54 Å². The molecule has 146 valence electrons. The fraction of sp³-hybridized carbons (Fsp3) is 0.333. The first-order chi connectivity index (χ1) is 13.3. The summed E-state index contributed by atoms with van der Waals surface area (Å²) in [5.74, 6) is 0.0497. The number of nitrogens with zero attached hydrogens (tertiary/aromatic N) is 2. The molecule has 1 amide bonds. The second-order valence-corrected chi connectivity index (χ2v) is 7.80. The molecule has 4 heteroatoms. The zero-order chi connectivity index (χ0) is 20.4. The molecule has 0 aliphatic rings. The molecular weight excluding hydrogens is 348 g/mol. The highest BCUT2D eigenvalue weighted by atomic mass is 16.2. The molecule has 1 heterocycles. The quantitative estimate of drug-likeness (QED) is 0.652. The molecule has 0 atom stereocenters. The molecule has 0 bridgehead atoms. The molecule has 0 saturated heterocycles. The number of hydrogen-bond donors (Lipinski definition) is 0. The normalized spacial score (nSPS) is 11.4. The van der Waals surface area contributed by atoms with Crippen LogP contribution >= 0.6 is 0 Å². The second kappa shape index (κ2) is 8.01. The summed E-state index contributed by atoms with van der Waals surface area (Å²) >= 11 is 0. The van der Waals surface area contributed by atoms with Gasteiger partial charge >= 0.3 is 0 Å². The van der Waals surface area contributed by atoms with Gasteiger partial charge in [0.15, 0.2) is 5.43 Å². The van der Waals surface area contributed by atoms with Crippen molar-refractivity contribution in [3.63, 3.8) is 0 Å². The van der Waals surface area contributed by atoms with Gasteiger partial charge in [-0.2, -0.15) is 0 Å². The van der Waals surface area contributed by atoms with Crippen molar-refractivity contribution < 1.29 is 4.79 Å². The van der Waals surface area contributed by atoms with Gasteiger partial charge in [0.2, 0.25) is 5.91 Å². The average Bonchev–Trinajstić information content (AvgIpc) is 2.63. The first-order valence-corrected chi connectivity index (χ1v) is 9.81. The minimum absolute atomic E-state index is 0.0137. The molecule has 0 saturated carbocycles. The van der Waals surface area contributed by atoms with Crippen molar-refractivity contribution in [1.82, 2.24) is 9.47 Å². The Balaban J connectivity index is 2.24. The SMILES string of the molecule is Cc1cccc2c1c(=O)cc(-c1ccccc1)n2CC(=O)N(C(C)C)C(C)C. The summed E-state index contributed by atoms with van der Waals surface area (Å²) in [6.07, 6.45) is 0. The van der Waals surface area contributed by atoms with E-state index < -0.39 is 0 Å². The summed E-state index contributed by atoms with van der Waals surface area (Å²) in [4.78, 5) is 28.0. The van der Waals surface area contributed by atoms with Crippen LogP contribution < -0.4 is 5.43 Å². The van der Waals surface area contributed by atoms with Gasteiger partial charge in [0, 0.05) is 23.5 Å². The van der Waals surface area contributed by atoms with Crippen molar-refractivity contribution in [1.29, 1.82) is 0 Å². The topological polar surface area (TPSA) is 42.3 Å². The third-order valence-corrected chi connectivity index (χ3v) is 5.11. The molecule has 3 aromatic rings. The first kappa shape index (κ1) is 19.9. The maximum Gasteiger partial charge on any atom is 0.242 e. The van der Waals surface area contributed by atoms with E-state index in [1.807, 2.05) is 92.6 Å². The highest BCUT2D eigenvalue weighted by Crippen LogP contribution is 2.25. The van der Waals surface area contributed by atoms with Gasteiger partial charge in [-0.25, -0.2) is 0 Å². The van der Waals surface area contributed by atoms with E-state index in [-0.39, 0.29) is 30.0 Å². The zero-order valence-electron chi connectivity index (χ0n) is 17.3. The Hall–Kier alpha value is -2.88. The predicted octanol–water partition coefficient (Wildman–Crippen LogP) is 4.62. The third kappa shape index (κ3) is 3.72. The Morgan fingerprint density at radius 1 is 0.964 bits per heavy atom. The van der Waals surface area contributed by atoms with E-state index in [2.05, 4.69) is 0 Å².